The van der Waals surface area contributed by atoms with Gasteiger partial charge in [0.25, 0.3) is 0 Å². The van der Waals surface area contributed by atoms with E-state index in [4.69, 9.17) is 0 Å². The van der Waals surface area contributed by atoms with Gasteiger partial charge in [0.05, 0.1) is 14.2 Å². The predicted molar refractivity (Wildman–Crippen MR) is 51.5 cm³/mol. The van der Waals surface area contributed by atoms with E-state index in [1.165, 1.54) is 26.4 Å². The molecule has 4 nitrogen and oxygen atoms in total. The molecule has 14 heavy (non-hydrogen) atoms. The molecule has 0 aromatic heterocycles. The van der Waals surface area contributed by atoms with E-state index < -0.39 is 11.9 Å². The van der Waals surface area contributed by atoms with Gasteiger partial charge in [-0.2, -0.15) is 0 Å². The van der Waals surface area contributed by atoms with Crippen LogP contribution in [0, 0.1) is 5.92 Å². The van der Waals surface area contributed by atoms with E-state index in [0.717, 1.165) is 0 Å². The number of rotatable bonds is 4. The normalized spacial score (nSPS) is 11.1. The largest absolute Gasteiger partial charge is 0.466 e. The third kappa shape index (κ3) is 5.99. The van der Waals surface area contributed by atoms with Gasteiger partial charge in [-0.25, -0.2) is 9.59 Å². The molecule has 0 spiro atoms. The first-order valence-corrected chi connectivity index (χ1v) is 4.12. The van der Waals surface area contributed by atoms with Crippen molar-refractivity contribution in [1.29, 1.82) is 0 Å². The zero-order valence-electron chi connectivity index (χ0n) is 8.52. The molecule has 0 aliphatic carbocycles. The zero-order valence-corrected chi connectivity index (χ0v) is 8.52. The van der Waals surface area contributed by atoms with Gasteiger partial charge in [0.1, 0.15) is 0 Å². The SMILES string of the molecule is COC(=O)/C=C/C(C)/C=C/C(=O)OC. The molecule has 0 bridgehead atoms. The number of esters is 2. The van der Waals surface area contributed by atoms with Gasteiger partial charge in [-0.15, -0.1) is 0 Å². The topological polar surface area (TPSA) is 52.6 Å². The summed E-state index contributed by atoms with van der Waals surface area (Å²) in [5.74, 6) is -0.847. The van der Waals surface area contributed by atoms with Crippen molar-refractivity contribution >= 4 is 11.9 Å². The van der Waals surface area contributed by atoms with Crippen LogP contribution in [0.25, 0.3) is 0 Å². The second-order valence-electron chi connectivity index (χ2n) is 2.62. The Bertz CT molecular complexity index is 227. The smallest absolute Gasteiger partial charge is 0.330 e. The first-order valence-electron chi connectivity index (χ1n) is 4.12. The minimum absolute atomic E-state index is 0.0202. The second kappa shape index (κ2) is 6.88. The van der Waals surface area contributed by atoms with Crippen LogP contribution in [-0.2, 0) is 19.1 Å². The molecule has 0 rings (SSSR count). The summed E-state index contributed by atoms with van der Waals surface area (Å²) in [6.07, 6.45) is 5.88. The van der Waals surface area contributed by atoms with Crippen molar-refractivity contribution < 1.29 is 19.1 Å². The number of allylic oxidation sites excluding steroid dienone is 2. The monoisotopic (exact) mass is 198 g/mol. The number of carbonyl (C=O) groups is 2. The van der Waals surface area contributed by atoms with E-state index in [0.29, 0.717) is 0 Å². The van der Waals surface area contributed by atoms with E-state index in [-0.39, 0.29) is 5.92 Å². The summed E-state index contributed by atoms with van der Waals surface area (Å²) in [6, 6.07) is 0. The Morgan fingerprint density at radius 1 is 1.00 bits per heavy atom. The zero-order chi connectivity index (χ0) is 11.0. The van der Waals surface area contributed by atoms with Gasteiger partial charge in [-0.1, -0.05) is 19.1 Å². The summed E-state index contributed by atoms with van der Waals surface area (Å²) >= 11 is 0. The lowest BCUT2D eigenvalue weighted by atomic mass is 10.1. The molecule has 0 saturated carbocycles. The molecule has 0 aliphatic heterocycles. The lowest BCUT2D eigenvalue weighted by Crippen LogP contribution is -1.97. The Morgan fingerprint density at radius 3 is 1.64 bits per heavy atom. The van der Waals surface area contributed by atoms with Crippen LogP contribution < -0.4 is 0 Å². The highest BCUT2D eigenvalue weighted by molar-refractivity contribution is 5.82. The van der Waals surface area contributed by atoms with Crippen LogP contribution in [0.4, 0.5) is 0 Å². The van der Waals surface area contributed by atoms with Gasteiger partial charge in [-0.05, 0) is 5.92 Å². The van der Waals surface area contributed by atoms with Gasteiger partial charge in [0.2, 0.25) is 0 Å². The maximum atomic E-state index is 10.7. The Labute approximate surface area is 83.2 Å². The highest BCUT2D eigenvalue weighted by atomic mass is 16.5. The fraction of sp³-hybridized carbons (Fsp3) is 0.400. The molecule has 78 valence electrons. The summed E-state index contributed by atoms with van der Waals surface area (Å²) in [5.41, 5.74) is 0. The standard InChI is InChI=1S/C10H14O4/c1-8(4-6-9(11)13-2)5-7-10(12)14-3/h4-8H,1-3H3/b6-4+,7-5+. The number of methoxy groups -OCH3 is 2. The summed E-state index contributed by atoms with van der Waals surface area (Å²) in [7, 11) is 2.61. The van der Waals surface area contributed by atoms with Crippen molar-refractivity contribution in [3.63, 3.8) is 0 Å². The lowest BCUT2D eigenvalue weighted by Gasteiger charge is -1.96. The summed E-state index contributed by atoms with van der Waals surface area (Å²) in [6.45, 7) is 1.83. The summed E-state index contributed by atoms with van der Waals surface area (Å²) in [4.78, 5) is 21.4. The fourth-order valence-electron chi connectivity index (χ4n) is 0.661. The third-order valence-electron chi connectivity index (χ3n) is 1.47. The van der Waals surface area contributed by atoms with Crippen LogP contribution in [0.3, 0.4) is 0 Å². The highest BCUT2D eigenvalue weighted by Gasteiger charge is 1.96. The van der Waals surface area contributed by atoms with Crippen molar-refractivity contribution in [1.82, 2.24) is 0 Å². The second-order valence-corrected chi connectivity index (χ2v) is 2.62. The minimum atomic E-state index is -0.414. The molecular formula is C10H14O4. The van der Waals surface area contributed by atoms with Gasteiger partial charge in [-0.3, -0.25) is 0 Å². The molecular weight excluding hydrogens is 184 g/mol. The molecule has 4 heteroatoms. The molecule has 0 atom stereocenters. The molecule has 0 aromatic carbocycles. The fourth-order valence-corrected chi connectivity index (χ4v) is 0.661. The maximum Gasteiger partial charge on any atom is 0.330 e. The van der Waals surface area contributed by atoms with E-state index in [9.17, 15) is 9.59 Å². The summed E-state index contributed by atoms with van der Waals surface area (Å²) in [5, 5.41) is 0. The number of ether oxygens (including phenoxy) is 2. The Morgan fingerprint density at radius 2 is 1.36 bits per heavy atom. The van der Waals surface area contributed by atoms with Gasteiger partial charge in [0.15, 0.2) is 0 Å². The summed E-state index contributed by atoms with van der Waals surface area (Å²) < 4.78 is 8.81. The highest BCUT2D eigenvalue weighted by Crippen LogP contribution is 1.99. The van der Waals surface area contributed by atoms with E-state index in [2.05, 4.69) is 9.47 Å². The Hall–Kier alpha value is -1.58. The predicted octanol–water partition coefficient (Wildman–Crippen LogP) is 1.08. The van der Waals surface area contributed by atoms with Crippen LogP contribution in [-0.4, -0.2) is 26.2 Å². The molecule has 0 aliphatic rings. The molecule has 0 heterocycles. The molecule has 0 saturated heterocycles. The lowest BCUT2D eigenvalue weighted by molar-refractivity contribution is -0.135. The van der Waals surface area contributed by atoms with Crippen LogP contribution in [0.1, 0.15) is 6.92 Å². The quantitative estimate of drug-likeness (QED) is 0.501. The molecule has 0 fully saturated rings. The van der Waals surface area contributed by atoms with E-state index >= 15 is 0 Å². The van der Waals surface area contributed by atoms with Crippen LogP contribution in [0.15, 0.2) is 24.3 Å². The maximum absolute atomic E-state index is 10.7. The van der Waals surface area contributed by atoms with Crippen molar-refractivity contribution in [2.45, 2.75) is 6.92 Å². The first kappa shape index (κ1) is 12.4. The van der Waals surface area contributed by atoms with E-state index in [1.54, 1.807) is 12.2 Å². The van der Waals surface area contributed by atoms with Crippen molar-refractivity contribution in [2.24, 2.45) is 5.92 Å². The third-order valence-corrected chi connectivity index (χ3v) is 1.47. The average molecular weight is 198 g/mol. The minimum Gasteiger partial charge on any atom is -0.466 e. The first-order chi connectivity index (χ1) is 6.60. The number of hydrogen-bond donors (Lipinski definition) is 0. The Kier molecular flexibility index (Phi) is 6.11. The molecule has 0 unspecified atom stereocenters. The molecule has 0 radical (unpaired) electrons. The Balaban J connectivity index is 4.03. The van der Waals surface area contributed by atoms with E-state index in [1.807, 2.05) is 6.92 Å². The average Bonchev–Trinajstić information content (AvgIpc) is 2.22. The number of carbonyl (C=O) groups excluding carboxylic acids is 2. The van der Waals surface area contributed by atoms with Gasteiger partial charge >= 0.3 is 11.9 Å². The van der Waals surface area contributed by atoms with Crippen LogP contribution in [0.2, 0.25) is 0 Å². The molecule has 0 aromatic rings. The van der Waals surface area contributed by atoms with Crippen molar-refractivity contribution in [2.75, 3.05) is 14.2 Å². The van der Waals surface area contributed by atoms with Crippen molar-refractivity contribution in [3.8, 4) is 0 Å². The molecule has 0 amide bonds. The van der Waals surface area contributed by atoms with Gasteiger partial charge < -0.3 is 9.47 Å². The van der Waals surface area contributed by atoms with Crippen LogP contribution in [0.5, 0.6) is 0 Å². The van der Waals surface area contributed by atoms with Crippen LogP contribution >= 0.6 is 0 Å². The van der Waals surface area contributed by atoms with Gasteiger partial charge in [0, 0.05) is 12.2 Å². The number of hydrogen-bond acceptors (Lipinski definition) is 4. The van der Waals surface area contributed by atoms with Crippen molar-refractivity contribution in [3.05, 3.63) is 24.3 Å². The molecule has 0 N–H and O–H groups in total.